The van der Waals surface area contributed by atoms with Crippen molar-refractivity contribution < 1.29 is 9.59 Å². The first kappa shape index (κ1) is 14.0. The van der Waals surface area contributed by atoms with Crippen LogP contribution in [0.3, 0.4) is 0 Å². The first-order chi connectivity index (χ1) is 10.3. The van der Waals surface area contributed by atoms with Crippen LogP contribution in [0.5, 0.6) is 0 Å². The highest BCUT2D eigenvalue weighted by Gasteiger charge is 2.33. The van der Waals surface area contributed by atoms with E-state index in [1.54, 1.807) is 9.80 Å². The van der Waals surface area contributed by atoms with Gasteiger partial charge in [0.1, 0.15) is 0 Å². The maximum absolute atomic E-state index is 12.5. The number of carbonyl (C=O) groups excluding carboxylic acids is 2. The molecule has 113 valence electrons. The molecule has 7 nitrogen and oxygen atoms in total. The SMILES string of the molecule is O=C(C1=C(C(=O)N2CCCCC2)N=N[N]1)N1CCCCC1. The van der Waals surface area contributed by atoms with Crippen LogP contribution in [0.1, 0.15) is 38.5 Å². The molecule has 2 amide bonds. The summed E-state index contributed by atoms with van der Waals surface area (Å²) in [5.41, 5.74) is 4.04. The molecule has 21 heavy (non-hydrogen) atoms. The van der Waals surface area contributed by atoms with Gasteiger partial charge in [0.05, 0.1) is 0 Å². The molecule has 0 spiro atoms. The Kier molecular flexibility index (Phi) is 4.17. The number of nitrogens with zero attached hydrogens (tertiary/aromatic N) is 5. The molecule has 2 saturated heterocycles. The van der Waals surface area contributed by atoms with E-state index in [4.69, 9.17) is 0 Å². The number of likely N-dealkylation sites (tertiary alicyclic amines) is 2. The molecule has 0 bridgehead atoms. The molecule has 0 aliphatic carbocycles. The fourth-order valence-corrected chi connectivity index (χ4v) is 2.99. The highest BCUT2D eigenvalue weighted by Crippen LogP contribution is 2.21. The van der Waals surface area contributed by atoms with E-state index < -0.39 is 0 Å². The quantitative estimate of drug-likeness (QED) is 0.766. The van der Waals surface area contributed by atoms with E-state index in [0.717, 1.165) is 64.7 Å². The van der Waals surface area contributed by atoms with E-state index in [1.165, 1.54) is 0 Å². The van der Waals surface area contributed by atoms with Gasteiger partial charge in [0, 0.05) is 26.2 Å². The summed E-state index contributed by atoms with van der Waals surface area (Å²) in [5, 5.41) is 7.37. The van der Waals surface area contributed by atoms with E-state index >= 15 is 0 Å². The Hall–Kier alpha value is -1.92. The van der Waals surface area contributed by atoms with Gasteiger partial charge in [-0.3, -0.25) is 9.59 Å². The first-order valence-electron chi connectivity index (χ1n) is 7.72. The Morgan fingerprint density at radius 1 is 0.714 bits per heavy atom. The zero-order valence-corrected chi connectivity index (χ0v) is 12.1. The second kappa shape index (κ2) is 6.24. The Balaban J connectivity index is 1.75. The maximum atomic E-state index is 12.5. The van der Waals surface area contributed by atoms with E-state index in [9.17, 15) is 9.59 Å². The van der Waals surface area contributed by atoms with E-state index in [2.05, 4.69) is 15.8 Å². The van der Waals surface area contributed by atoms with Gasteiger partial charge in [-0.2, -0.15) is 0 Å². The van der Waals surface area contributed by atoms with Crippen LogP contribution in [-0.2, 0) is 9.59 Å². The zero-order chi connectivity index (χ0) is 14.7. The lowest BCUT2D eigenvalue weighted by molar-refractivity contribution is -0.131. The third-order valence-corrected chi connectivity index (χ3v) is 4.21. The minimum atomic E-state index is -0.208. The Morgan fingerprint density at radius 3 is 1.71 bits per heavy atom. The summed E-state index contributed by atoms with van der Waals surface area (Å²) in [7, 11) is 0. The number of hydrogen-bond acceptors (Lipinski definition) is 4. The number of amides is 2. The Labute approximate surface area is 124 Å². The van der Waals surface area contributed by atoms with Gasteiger partial charge in [-0.15, -0.1) is 10.5 Å². The lowest BCUT2D eigenvalue weighted by Gasteiger charge is -2.28. The molecule has 1 radical (unpaired) electrons. The summed E-state index contributed by atoms with van der Waals surface area (Å²) in [5.74, 6) is -0.417. The van der Waals surface area contributed by atoms with Gasteiger partial charge < -0.3 is 9.80 Å². The monoisotopic (exact) mass is 290 g/mol. The van der Waals surface area contributed by atoms with Gasteiger partial charge in [-0.05, 0) is 43.7 Å². The lowest BCUT2D eigenvalue weighted by atomic mass is 10.1. The second-order valence-electron chi connectivity index (χ2n) is 5.69. The lowest BCUT2D eigenvalue weighted by Crippen LogP contribution is -2.40. The normalized spacial score (nSPS) is 22.5. The molecule has 0 aromatic carbocycles. The highest BCUT2D eigenvalue weighted by molar-refractivity contribution is 6.04. The zero-order valence-electron chi connectivity index (χ0n) is 12.1. The smallest absolute Gasteiger partial charge is 0.276 e. The third-order valence-electron chi connectivity index (χ3n) is 4.21. The third kappa shape index (κ3) is 2.91. The van der Waals surface area contributed by atoms with Gasteiger partial charge in [-0.25, -0.2) is 0 Å². The molecule has 0 N–H and O–H groups in total. The molecule has 0 unspecified atom stereocenters. The number of piperidine rings is 2. The van der Waals surface area contributed by atoms with Crippen molar-refractivity contribution in [3.8, 4) is 0 Å². The molecule has 0 aromatic heterocycles. The number of carbonyl (C=O) groups is 2. The van der Waals surface area contributed by atoms with Crippen molar-refractivity contribution in [3.05, 3.63) is 11.4 Å². The van der Waals surface area contributed by atoms with Gasteiger partial charge in [0.2, 0.25) is 0 Å². The van der Waals surface area contributed by atoms with E-state index in [1.807, 2.05) is 0 Å². The topological polar surface area (TPSA) is 79.4 Å². The molecular formula is C14H20N5O2. The van der Waals surface area contributed by atoms with Gasteiger partial charge in [0.15, 0.2) is 11.4 Å². The van der Waals surface area contributed by atoms with Crippen LogP contribution in [0.15, 0.2) is 21.7 Å². The minimum Gasteiger partial charge on any atom is -0.337 e. The van der Waals surface area contributed by atoms with Crippen LogP contribution < -0.4 is 5.43 Å². The summed E-state index contributed by atoms with van der Waals surface area (Å²) in [4.78, 5) is 28.5. The van der Waals surface area contributed by atoms with Gasteiger partial charge in [-0.1, -0.05) is 0 Å². The largest absolute Gasteiger partial charge is 0.337 e. The predicted molar refractivity (Wildman–Crippen MR) is 74.9 cm³/mol. The summed E-state index contributed by atoms with van der Waals surface area (Å²) in [6.45, 7) is 2.90. The first-order valence-corrected chi connectivity index (χ1v) is 7.72. The van der Waals surface area contributed by atoms with Crippen molar-refractivity contribution in [2.45, 2.75) is 38.5 Å². The highest BCUT2D eigenvalue weighted by atomic mass is 16.2. The molecule has 3 aliphatic rings. The summed E-state index contributed by atoms with van der Waals surface area (Å²) >= 11 is 0. The molecule has 2 fully saturated rings. The second-order valence-corrected chi connectivity index (χ2v) is 5.69. The van der Waals surface area contributed by atoms with E-state index in [-0.39, 0.29) is 23.2 Å². The van der Waals surface area contributed by atoms with Crippen LogP contribution >= 0.6 is 0 Å². The minimum absolute atomic E-state index is 0.118. The number of hydrogen-bond donors (Lipinski definition) is 0. The van der Waals surface area contributed by atoms with Crippen LogP contribution in [-0.4, -0.2) is 47.8 Å². The summed E-state index contributed by atoms with van der Waals surface area (Å²) in [6, 6.07) is 0. The van der Waals surface area contributed by atoms with Crippen LogP contribution in [0.4, 0.5) is 0 Å². The number of rotatable bonds is 2. The maximum Gasteiger partial charge on any atom is 0.276 e. The molecule has 0 atom stereocenters. The van der Waals surface area contributed by atoms with Gasteiger partial charge >= 0.3 is 0 Å². The fourth-order valence-electron chi connectivity index (χ4n) is 2.99. The average Bonchev–Trinajstić information content (AvgIpc) is 3.04. The summed E-state index contributed by atoms with van der Waals surface area (Å²) < 4.78 is 0. The van der Waals surface area contributed by atoms with Crippen LogP contribution in [0.25, 0.3) is 0 Å². The van der Waals surface area contributed by atoms with E-state index in [0.29, 0.717) is 0 Å². The van der Waals surface area contributed by atoms with Crippen molar-refractivity contribution in [1.29, 1.82) is 0 Å². The fraction of sp³-hybridized carbons (Fsp3) is 0.714. The molecule has 0 saturated carbocycles. The van der Waals surface area contributed by atoms with Crippen molar-refractivity contribution in [1.82, 2.24) is 15.2 Å². The Morgan fingerprint density at radius 2 is 1.19 bits per heavy atom. The van der Waals surface area contributed by atoms with Gasteiger partial charge in [0.25, 0.3) is 11.8 Å². The molecule has 3 aliphatic heterocycles. The van der Waals surface area contributed by atoms with Crippen molar-refractivity contribution in [2.24, 2.45) is 10.3 Å². The molecule has 0 aromatic rings. The Bertz CT molecular complexity index is 488. The van der Waals surface area contributed by atoms with Crippen molar-refractivity contribution >= 4 is 11.8 Å². The van der Waals surface area contributed by atoms with Crippen LogP contribution in [0, 0.1) is 0 Å². The molecule has 7 heteroatoms. The average molecular weight is 290 g/mol. The molecule has 3 rings (SSSR count). The predicted octanol–water partition coefficient (Wildman–Crippen LogP) is 1.21. The molecule has 3 heterocycles. The summed E-state index contributed by atoms with van der Waals surface area (Å²) in [6.07, 6.45) is 6.30. The van der Waals surface area contributed by atoms with Crippen LogP contribution in [0.2, 0.25) is 0 Å². The standard InChI is InChI=1S/C14H20N5O2/c20-13(18-7-3-1-4-8-18)11-12(16-17-15-11)14(21)19-9-5-2-6-10-19/h1-10H2. The van der Waals surface area contributed by atoms with Crippen molar-refractivity contribution in [3.63, 3.8) is 0 Å². The van der Waals surface area contributed by atoms with Crippen molar-refractivity contribution in [2.75, 3.05) is 26.2 Å². The molecular weight excluding hydrogens is 270 g/mol.